The van der Waals surface area contributed by atoms with E-state index in [2.05, 4.69) is 35.2 Å². The Labute approximate surface area is 151 Å². The van der Waals surface area contributed by atoms with Gasteiger partial charge in [-0.3, -0.25) is 4.79 Å². The molecule has 2 aromatic carbocycles. The van der Waals surface area contributed by atoms with Gasteiger partial charge in [0.25, 0.3) is 0 Å². The first-order chi connectivity index (χ1) is 12.3. The highest BCUT2D eigenvalue weighted by Gasteiger charge is 2.19. The van der Waals surface area contributed by atoms with Gasteiger partial charge < -0.3 is 4.90 Å². The number of rotatable bonds is 8. The van der Waals surface area contributed by atoms with Crippen LogP contribution in [-0.2, 0) is 6.42 Å². The first-order valence-electron chi connectivity index (χ1n) is 9.66. The van der Waals surface area contributed by atoms with Gasteiger partial charge in [-0.25, -0.2) is 0 Å². The normalized spacial score (nSPS) is 16.0. The first kappa shape index (κ1) is 17.9. The molecule has 0 unspecified atom stereocenters. The highest BCUT2D eigenvalue weighted by atomic mass is 16.1. The van der Waals surface area contributed by atoms with Crippen LogP contribution < -0.4 is 0 Å². The molecule has 1 fully saturated rings. The zero-order valence-electron chi connectivity index (χ0n) is 15.1. The van der Waals surface area contributed by atoms with E-state index in [1.54, 1.807) is 0 Å². The predicted octanol–water partition coefficient (Wildman–Crippen LogP) is 4.99. The molecule has 0 radical (unpaired) electrons. The lowest BCUT2D eigenvalue weighted by Crippen LogP contribution is -2.34. The number of carbonyl (C=O) groups excluding carboxylic acids is 1. The van der Waals surface area contributed by atoms with Crippen molar-refractivity contribution in [2.75, 3.05) is 19.6 Å². The van der Waals surface area contributed by atoms with E-state index in [4.69, 9.17) is 0 Å². The summed E-state index contributed by atoms with van der Waals surface area (Å²) in [6.07, 6.45) is 6.76. The second-order valence-electron chi connectivity index (χ2n) is 7.20. The van der Waals surface area contributed by atoms with Gasteiger partial charge in [0.05, 0.1) is 0 Å². The third kappa shape index (κ3) is 5.82. The van der Waals surface area contributed by atoms with Gasteiger partial charge in [-0.15, -0.1) is 0 Å². The number of hydrogen-bond acceptors (Lipinski definition) is 2. The van der Waals surface area contributed by atoms with Crippen molar-refractivity contribution < 1.29 is 4.79 Å². The van der Waals surface area contributed by atoms with E-state index in [0.717, 1.165) is 24.4 Å². The summed E-state index contributed by atoms with van der Waals surface area (Å²) < 4.78 is 0. The number of piperidine rings is 1. The lowest BCUT2D eigenvalue weighted by atomic mass is 9.90. The Hall–Kier alpha value is -1.93. The van der Waals surface area contributed by atoms with Crippen molar-refractivity contribution in [3.8, 4) is 0 Å². The number of benzene rings is 2. The van der Waals surface area contributed by atoms with Crippen LogP contribution in [-0.4, -0.2) is 30.3 Å². The summed E-state index contributed by atoms with van der Waals surface area (Å²) >= 11 is 0. The highest BCUT2D eigenvalue weighted by molar-refractivity contribution is 5.95. The van der Waals surface area contributed by atoms with Crippen molar-refractivity contribution >= 4 is 5.78 Å². The highest BCUT2D eigenvalue weighted by Crippen LogP contribution is 2.22. The summed E-state index contributed by atoms with van der Waals surface area (Å²) in [5.41, 5.74) is 2.31. The maximum absolute atomic E-state index is 12.1. The molecule has 2 nitrogen and oxygen atoms in total. The van der Waals surface area contributed by atoms with Gasteiger partial charge in [-0.05, 0) is 63.2 Å². The predicted molar refractivity (Wildman–Crippen MR) is 104 cm³/mol. The van der Waals surface area contributed by atoms with Crippen LogP contribution in [0.1, 0.15) is 48.0 Å². The second-order valence-corrected chi connectivity index (χ2v) is 7.20. The molecular formula is C23H29NO. The van der Waals surface area contributed by atoms with Gasteiger partial charge in [-0.2, -0.15) is 0 Å². The molecule has 1 saturated heterocycles. The van der Waals surface area contributed by atoms with E-state index < -0.39 is 0 Å². The zero-order chi connectivity index (χ0) is 17.3. The van der Waals surface area contributed by atoms with Crippen molar-refractivity contribution in [3.05, 3.63) is 71.8 Å². The van der Waals surface area contributed by atoms with Crippen molar-refractivity contribution in [2.45, 2.75) is 38.5 Å². The van der Waals surface area contributed by atoms with Crippen LogP contribution in [0.2, 0.25) is 0 Å². The minimum Gasteiger partial charge on any atom is -0.303 e. The molecule has 0 saturated carbocycles. The Morgan fingerprint density at radius 3 is 2.24 bits per heavy atom. The first-order valence-corrected chi connectivity index (χ1v) is 9.66. The summed E-state index contributed by atoms with van der Waals surface area (Å²) in [7, 11) is 0. The Bertz CT molecular complexity index is 630. The van der Waals surface area contributed by atoms with E-state index in [0.29, 0.717) is 6.42 Å². The Balaban J connectivity index is 1.31. The largest absolute Gasteiger partial charge is 0.303 e. The number of Topliss-reactive ketones (excluding diaryl/α,β-unsaturated/α-hetero) is 1. The molecule has 0 amide bonds. The van der Waals surface area contributed by atoms with Gasteiger partial charge in [0.15, 0.2) is 5.78 Å². The number of ketones is 1. The average Bonchev–Trinajstić information content (AvgIpc) is 2.69. The maximum atomic E-state index is 12.1. The Kier molecular flexibility index (Phi) is 6.81. The Morgan fingerprint density at radius 1 is 0.920 bits per heavy atom. The number of nitrogens with zero attached hydrogens (tertiary/aromatic N) is 1. The van der Waals surface area contributed by atoms with E-state index in [9.17, 15) is 4.79 Å². The molecule has 0 atom stereocenters. The third-order valence-corrected chi connectivity index (χ3v) is 5.37. The number of carbonyl (C=O) groups is 1. The fourth-order valence-corrected chi connectivity index (χ4v) is 3.75. The minimum atomic E-state index is 0.276. The fourth-order valence-electron chi connectivity index (χ4n) is 3.75. The molecule has 3 rings (SSSR count). The smallest absolute Gasteiger partial charge is 0.162 e. The van der Waals surface area contributed by atoms with E-state index in [-0.39, 0.29) is 5.78 Å². The molecule has 1 aliphatic rings. The van der Waals surface area contributed by atoms with Crippen LogP contribution in [0.5, 0.6) is 0 Å². The van der Waals surface area contributed by atoms with E-state index in [1.807, 2.05) is 30.3 Å². The van der Waals surface area contributed by atoms with Crippen LogP contribution >= 0.6 is 0 Å². The zero-order valence-corrected chi connectivity index (χ0v) is 15.1. The van der Waals surface area contributed by atoms with Gasteiger partial charge >= 0.3 is 0 Å². The molecule has 132 valence electrons. The standard InChI is InChI=1S/C23H29NO/c25-23(22-10-5-2-6-11-22)12-7-17-24-18-15-21(16-19-24)14-13-20-8-3-1-4-9-20/h1-6,8-11,21H,7,12-19H2. The summed E-state index contributed by atoms with van der Waals surface area (Å²) in [6, 6.07) is 20.5. The Morgan fingerprint density at radius 2 is 1.56 bits per heavy atom. The molecule has 0 aromatic heterocycles. The fraction of sp³-hybridized carbons (Fsp3) is 0.435. The van der Waals surface area contributed by atoms with Gasteiger partial charge in [0.1, 0.15) is 0 Å². The lowest BCUT2D eigenvalue weighted by molar-refractivity contribution is 0.0970. The summed E-state index contributed by atoms with van der Waals surface area (Å²) in [5.74, 6) is 1.14. The van der Waals surface area contributed by atoms with Crippen LogP contribution in [0.15, 0.2) is 60.7 Å². The summed E-state index contributed by atoms with van der Waals surface area (Å²) in [4.78, 5) is 14.7. The minimum absolute atomic E-state index is 0.276. The molecule has 1 aliphatic heterocycles. The average molecular weight is 335 g/mol. The molecular weight excluding hydrogens is 306 g/mol. The summed E-state index contributed by atoms with van der Waals surface area (Å²) in [6.45, 7) is 3.45. The molecule has 0 bridgehead atoms. The van der Waals surface area contributed by atoms with E-state index >= 15 is 0 Å². The van der Waals surface area contributed by atoms with Crippen LogP contribution in [0.25, 0.3) is 0 Å². The molecule has 0 N–H and O–H groups in total. The van der Waals surface area contributed by atoms with Crippen molar-refractivity contribution in [3.63, 3.8) is 0 Å². The quantitative estimate of drug-likeness (QED) is 0.633. The van der Waals surface area contributed by atoms with Crippen molar-refractivity contribution in [2.24, 2.45) is 5.92 Å². The van der Waals surface area contributed by atoms with Gasteiger partial charge in [0.2, 0.25) is 0 Å². The number of aryl methyl sites for hydroxylation is 1. The molecule has 2 aromatic rings. The van der Waals surface area contributed by atoms with Crippen molar-refractivity contribution in [1.29, 1.82) is 0 Å². The molecule has 0 aliphatic carbocycles. The molecule has 1 heterocycles. The third-order valence-electron chi connectivity index (χ3n) is 5.37. The second kappa shape index (κ2) is 9.53. The topological polar surface area (TPSA) is 20.3 Å². The van der Waals surface area contributed by atoms with Crippen LogP contribution in [0, 0.1) is 5.92 Å². The summed E-state index contributed by atoms with van der Waals surface area (Å²) in [5, 5.41) is 0. The molecule has 2 heteroatoms. The van der Waals surface area contributed by atoms with Crippen LogP contribution in [0.3, 0.4) is 0 Å². The molecule has 25 heavy (non-hydrogen) atoms. The number of hydrogen-bond donors (Lipinski definition) is 0. The monoisotopic (exact) mass is 335 g/mol. The van der Waals surface area contributed by atoms with Crippen molar-refractivity contribution in [1.82, 2.24) is 4.90 Å². The molecule has 0 spiro atoms. The maximum Gasteiger partial charge on any atom is 0.162 e. The number of likely N-dealkylation sites (tertiary alicyclic amines) is 1. The van der Waals surface area contributed by atoms with Crippen LogP contribution in [0.4, 0.5) is 0 Å². The van der Waals surface area contributed by atoms with Gasteiger partial charge in [-0.1, -0.05) is 60.7 Å². The van der Waals surface area contributed by atoms with E-state index in [1.165, 1.54) is 44.3 Å². The SMILES string of the molecule is O=C(CCCN1CCC(CCc2ccccc2)CC1)c1ccccc1. The lowest BCUT2D eigenvalue weighted by Gasteiger charge is -2.32. The van der Waals surface area contributed by atoms with Gasteiger partial charge in [0, 0.05) is 12.0 Å².